The maximum atomic E-state index is 12.1. The number of amides is 1. The zero-order chi connectivity index (χ0) is 23.8. The first kappa shape index (κ1) is 23.1. The van der Waals surface area contributed by atoms with Crippen LogP contribution < -0.4 is 5.73 Å². The number of aliphatic hydroxyl groups is 1. The molecule has 0 bridgehead atoms. The topological polar surface area (TPSA) is 102 Å². The molecule has 2 aromatic carbocycles. The average molecular weight is 465 g/mol. The van der Waals surface area contributed by atoms with Crippen molar-refractivity contribution in [2.45, 2.75) is 37.0 Å². The van der Waals surface area contributed by atoms with Gasteiger partial charge in [-0.15, -0.1) is 0 Å². The van der Waals surface area contributed by atoms with Gasteiger partial charge in [-0.2, -0.15) is 0 Å². The summed E-state index contributed by atoms with van der Waals surface area (Å²) in [4.78, 5) is 11.8. The normalized spacial score (nSPS) is 19.5. The van der Waals surface area contributed by atoms with E-state index in [9.17, 15) is 18.3 Å². The molecule has 1 saturated carbocycles. The number of primary amides is 1. The summed E-state index contributed by atoms with van der Waals surface area (Å²) in [6, 6.07) is 16.0. The van der Waals surface area contributed by atoms with E-state index < -0.39 is 20.5 Å². The van der Waals surface area contributed by atoms with Crippen molar-refractivity contribution in [3.05, 3.63) is 71.4 Å². The van der Waals surface area contributed by atoms with E-state index in [1.165, 1.54) is 12.5 Å². The van der Waals surface area contributed by atoms with Crippen molar-refractivity contribution < 1.29 is 18.3 Å². The molecule has 1 fully saturated rings. The second kappa shape index (κ2) is 8.69. The molecule has 1 heterocycles. The molecule has 1 aromatic heterocycles. The smallest absolute Gasteiger partial charge is 0.238 e. The Morgan fingerprint density at radius 1 is 1.15 bits per heavy atom. The number of aryl methyl sites for hydroxylation is 1. The van der Waals surface area contributed by atoms with Gasteiger partial charge in [0, 0.05) is 47.6 Å². The van der Waals surface area contributed by atoms with Crippen LogP contribution in [0.25, 0.3) is 10.9 Å². The van der Waals surface area contributed by atoms with E-state index in [2.05, 4.69) is 24.0 Å². The van der Waals surface area contributed by atoms with E-state index in [1.807, 2.05) is 47.2 Å². The highest BCUT2D eigenvalue weighted by Gasteiger charge is 2.41. The van der Waals surface area contributed by atoms with Gasteiger partial charge < -0.3 is 15.4 Å². The zero-order valence-electron chi connectivity index (χ0n) is 18.8. The van der Waals surface area contributed by atoms with E-state index in [0.29, 0.717) is 18.4 Å². The van der Waals surface area contributed by atoms with Gasteiger partial charge in [-0.25, -0.2) is 8.42 Å². The molecule has 1 aliphatic carbocycles. The molecule has 0 radical (unpaired) electrons. The first-order valence-electron chi connectivity index (χ1n) is 10.9. The highest BCUT2D eigenvalue weighted by atomic mass is 32.2. The molecule has 3 N–H and O–H groups in total. The maximum Gasteiger partial charge on any atom is 0.238 e. The molecule has 2 unspecified atom stereocenters. The van der Waals surface area contributed by atoms with E-state index in [1.54, 1.807) is 0 Å². The number of rotatable bonds is 7. The molecule has 6 nitrogen and oxygen atoms in total. The lowest BCUT2D eigenvalue weighted by Crippen LogP contribution is -2.48. The minimum Gasteiger partial charge on any atom is -0.396 e. The van der Waals surface area contributed by atoms with Crippen LogP contribution in [0.2, 0.25) is 0 Å². The molecule has 3 atom stereocenters. The van der Waals surface area contributed by atoms with Crippen molar-refractivity contribution in [1.29, 1.82) is 0 Å². The lowest BCUT2D eigenvalue weighted by atomic mass is 10.1. The summed E-state index contributed by atoms with van der Waals surface area (Å²) in [5.74, 6) is 6.43. The number of aromatic nitrogens is 1. The predicted octanol–water partition coefficient (Wildman–Crippen LogP) is 2.82. The van der Waals surface area contributed by atoms with Crippen LogP contribution in [0.3, 0.4) is 0 Å². The van der Waals surface area contributed by atoms with Crippen LogP contribution in [-0.2, 0) is 21.2 Å². The summed E-state index contributed by atoms with van der Waals surface area (Å²) < 4.78 is 24.5. The number of nitrogens with two attached hydrogens (primary N) is 1. The van der Waals surface area contributed by atoms with Gasteiger partial charge in [-0.05, 0) is 73.6 Å². The largest absolute Gasteiger partial charge is 0.396 e. The number of hydrogen-bond acceptors (Lipinski definition) is 4. The molecule has 7 heteroatoms. The van der Waals surface area contributed by atoms with Gasteiger partial charge in [-0.1, -0.05) is 24.0 Å². The molecule has 1 aliphatic rings. The molecule has 1 amide bonds. The maximum absolute atomic E-state index is 12.1. The van der Waals surface area contributed by atoms with Crippen LogP contribution in [0, 0.1) is 17.8 Å². The Labute approximate surface area is 194 Å². The highest BCUT2D eigenvalue weighted by Crippen LogP contribution is 2.46. The second-order valence-corrected chi connectivity index (χ2v) is 11.5. The second-order valence-electron chi connectivity index (χ2n) is 9.06. The van der Waals surface area contributed by atoms with Crippen LogP contribution in [0.5, 0.6) is 0 Å². The fraction of sp³-hybridized carbons (Fsp3) is 0.346. The van der Waals surface area contributed by atoms with Crippen molar-refractivity contribution in [1.82, 2.24) is 4.57 Å². The Balaban J connectivity index is 1.48. The Bertz CT molecular complexity index is 1360. The zero-order valence-corrected chi connectivity index (χ0v) is 19.6. The molecular formula is C26H28N2O4S. The van der Waals surface area contributed by atoms with Gasteiger partial charge in [0.15, 0.2) is 9.84 Å². The molecule has 0 aliphatic heterocycles. The fourth-order valence-corrected chi connectivity index (χ4v) is 4.94. The summed E-state index contributed by atoms with van der Waals surface area (Å²) in [5.41, 5.74) is 9.40. The minimum absolute atomic E-state index is 0.0996. The molecule has 172 valence electrons. The van der Waals surface area contributed by atoms with Crippen molar-refractivity contribution >= 4 is 26.6 Å². The first-order chi connectivity index (χ1) is 15.6. The third kappa shape index (κ3) is 4.68. The Morgan fingerprint density at radius 3 is 2.42 bits per heavy atom. The van der Waals surface area contributed by atoms with Crippen molar-refractivity contribution in [3.63, 3.8) is 0 Å². The molecular weight excluding hydrogens is 436 g/mol. The van der Waals surface area contributed by atoms with Gasteiger partial charge in [-0.3, -0.25) is 4.79 Å². The van der Waals surface area contributed by atoms with Crippen LogP contribution in [0.15, 0.2) is 54.7 Å². The summed E-state index contributed by atoms with van der Waals surface area (Å²) in [7, 11) is -3.64. The highest BCUT2D eigenvalue weighted by molar-refractivity contribution is 7.92. The SMILES string of the molecule is CC(CCn1ccc2cc(C#Cc3ccc(C4C[C@@H]4CO)cc3)ccc21)(C(N)=O)S(C)(=O)=O. The monoisotopic (exact) mass is 464 g/mol. The van der Waals surface area contributed by atoms with Crippen LogP contribution in [-0.4, -0.2) is 41.6 Å². The molecule has 4 rings (SSSR count). The average Bonchev–Trinajstić information content (AvgIpc) is 3.47. The molecule has 3 aromatic rings. The quantitative estimate of drug-likeness (QED) is 0.525. The Hall–Kier alpha value is -3.08. The number of sulfone groups is 1. The predicted molar refractivity (Wildman–Crippen MR) is 129 cm³/mol. The summed E-state index contributed by atoms with van der Waals surface area (Å²) >= 11 is 0. The number of benzene rings is 2. The Morgan fingerprint density at radius 2 is 1.82 bits per heavy atom. The van der Waals surface area contributed by atoms with Crippen LogP contribution in [0.1, 0.15) is 42.4 Å². The van der Waals surface area contributed by atoms with E-state index in [4.69, 9.17) is 5.73 Å². The lowest BCUT2D eigenvalue weighted by molar-refractivity contribution is -0.120. The molecule has 0 saturated heterocycles. The van der Waals surface area contributed by atoms with Crippen LogP contribution >= 0.6 is 0 Å². The van der Waals surface area contributed by atoms with Crippen molar-refractivity contribution in [3.8, 4) is 11.8 Å². The number of nitrogens with zero attached hydrogens (tertiary/aromatic N) is 1. The summed E-state index contributed by atoms with van der Waals surface area (Å²) in [6.45, 7) is 1.98. The van der Waals surface area contributed by atoms with Crippen molar-refractivity contribution in [2.75, 3.05) is 12.9 Å². The van der Waals surface area contributed by atoms with E-state index >= 15 is 0 Å². The number of hydrogen-bond donors (Lipinski definition) is 2. The minimum atomic E-state index is -3.64. The van der Waals surface area contributed by atoms with Crippen molar-refractivity contribution in [2.24, 2.45) is 11.7 Å². The van der Waals surface area contributed by atoms with E-state index in [0.717, 1.165) is 34.7 Å². The van der Waals surface area contributed by atoms with Gasteiger partial charge in [0.2, 0.25) is 5.91 Å². The third-order valence-electron chi connectivity index (χ3n) is 6.79. The number of carbonyl (C=O) groups excluding carboxylic acids is 1. The van der Waals surface area contributed by atoms with Crippen LogP contribution in [0.4, 0.5) is 0 Å². The van der Waals surface area contributed by atoms with Gasteiger partial charge >= 0.3 is 0 Å². The fourth-order valence-electron chi connectivity index (χ4n) is 4.11. The summed E-state index contributed by atoms with van der Waals surface area (Å²) in [5, 5.41) is 10.2. The van der Waals surface area contributed by atoms with Gasteiger partial charge in [0.25, 0.3) is 0 Å². The lowest BCUT2D eigenvalue weighted by Gasteiger charge is -2.24. The van der Waals surface area contributed by atoms with Gasteiger partial charge in [0.05, 0.1) is 0 Å². The summed E-state index contributed by atoms with van der Waals surface area (Å²) in [6.07, 6.45) is 4.07. The first-order valence-corrected chi connectivity index (χ1v) is 12.8. The molecule has 0 spiro atoms. The van der Waals surface area contributed by atoms with E-state index in [-0.39, 0.29) is 13.0 Å². The number of carbonyl (C=O) groups is 1. The van der Waals surface area contributed by atoms with Gasteiger partial charge in [0.1, 0.15) is 4.75 Å². The number of aliphatic hydroxyl groups excluding tert-OH is 1. The Kier molecular flexibility index (Phi) is 6.08. The standard InChI is InChI=1S/C26H28N2O4S/c1-26(25(27)30,33(2,31)32)12-14-28-13-11-21-15-19(7-10-24(21)28)4-3-18-5-8-20(9-6-18)23-16-22(23)17-29/h5-11,13,15,22-23,29H,12,14,16-17H2,1-2H3,(H2,27,30)/t22-,23?,26?/m1/s1. The molecule has 33 heavy (non-hydrogen) atoms. The third-order valence-corrected chi connectivity index (χ3v) is 8.83. The number of fused-ring (bicyclic) bond motifs is 1.